The van der Waals surface area contributed by atoms with Crippen molar-refractivity contribution in [2.24, 2.45) is 0 Å². The second-order valence-corrected chi connectivity index (χ2v) is 5.73. The molecule has 112 valence electrons. The maximum atomic E-state index is 11.0. The maximum absolute atomic E-state index is 11.0. The number of nitrogens with zero attached hydrogens (tertiary/aromatic N) is 1. The fraction of sp³-hybridized carbons (Fsp3) is 0.625. The molecule has 1 fully saturated rings. The predicted molar refractivity (Wildman–Crippen MR) is 79.4 cm³/mol. The Kier molecular flexibility index (Phi) is 4.55. The molecule has 0 atom stereocenters. The molecule has 0 aliphatic carbocycles. The summed E-state index contributed by atoms with van der Waals surface area (Å²) in [5, 5.41) is 11.0. The SMILES string of the molecule is COc1ccc(C2(O)CCN(C(C)C)CC2)c(OC)c1. The van der Waals surface area contributed by atoms with E-state index in [1.165, 1.54) is 0 Å². The number of benzene rings is 1. The van der Waals surface area contributed by atoms with E-state index in [1.807, 2.05) is 18.2 Å². The zero-order chi connectivity index (χ0) is 14.8. The summed E-state index contributed by atoms with van der Waals surface area (Å²) in [6, 6.07) is 6.16. The molecule has 0 unspecified atom stereocenters. The molecular weight excluding hydrogens is 254 g/mol. The molecule has 1 aromatic carbocycles. The Hall–Kier alpha value is -1.26. The zero-order valence-electron chi connectivity index (χ0n) is 12.8. The van der Waals surface area contributed by atoms with Gasteiger partial charge in [-0.05, 0) is 38.8 Å². The summed E-state index contributed by atoms with van der Waals surface area (Å²) in [5.74, 6) is 1.44. The normalized spacial score (nSPS) is 19.1. The fourth-order valence-electron chi connectivity index (χ4n) is 2.86. The van der Waals surface area contributed by atoms with Crippen LogP contribution in [0.1, 0.15) is 32.3 Å². The van der Waals surface area contributed by atoms with Gasteiger partial charge in [0.1, 0.15) is 11.5 Å². The van der Waals surface area contributed by atoms with Gasteiger partial charge < -0.3 is 19.5 Å². The van der Waals surface area contributed by atoms with Crippen molar-refractivity contribution < 1.29 is 14.6 Å². The molecule has 1 aliphatic heterocycles. The minimum atomic E-state index is -0.803. The van der Waals surface area contributed by atoms with Gasteiger partial charge in [0.05, 0.1) is 19.8 Å². The van der Waals surface area contributed by atoms with Crippen LogP contribution in [-0.2, 0) is 5.60 Å². The topological polar surface area (TPSA) is 41.9 Å². The number of aliphatic hydroxyl groups is 1. The summed E-state index contributed by atoms with van der Waals surface area (Å²) >= 11 is 0. The Morgan fingerprint density at radius 2 is 1.80 bits per heavy atom. The molecule has 2 rings (SSSR count). The second kappa shape index (κ2) is 6.02. The van der Waals surface area contributed by atoms with Crippen LogP contribution >= 0.6 is 0 Å². The molecule has 1 aliphatic rings. The van der Waals surface area contributed by atoms with Gasteiger partial charge in [-0.2, -0.15) is 0 Å². The van der Waals surface area contributed by atoms with Crippen molar-refractivity contribution in [3.05, 3.63) is 23.8 Å². The Labute approximate surface area is 121 Å². The minimum absolute atomic E-state index is 0.525. The summed E-state index contributed by atoms with van der Waals surface area (Å²) in [6.45, 7) is 6.20. The van der Waals surface area contributed by atoms with Gasteiger partial charge in [-0.25, -0.2) is 0 Å². The van der Waals surface area contributed by atoms with Gasteiger partial charge in [-0.1, -0.05) is 0 Å². The third-order valence-corrected chi connectivity index (χ3v) is 4.27. The van der Waals surface area contributed by atoms with E-state index >= 15 is 0 Å². The average molecular weight is 279 g/mol. The van der Waals surface area contributed by atoms with Gasteiger partial charge in [0, 0.05) is 30.8 Å². The highest BCUT2D eigenvalue weighted by atomic mass is 16.5. The number of likely N-dealkylation sites (tertiary alicyclic amines) is 1. The molecule has 0 bridgehead atoms. The highest BCUT2D eigenvalue weighted by Crippen LogP contribution is 2.39. The number of methoxy groups -OCH3 is 2. The third-order valence-electron chi connectivity index (χ3n) is 4.27. The molecule has 1 heterocycles. The summed E-state index contributed by atoms with van der Waals surface area (Å²) in [5.41, 5.74) is 0.0624. The Morgan fingerprint density at radius 3 is 2.30 bits per heavy atom. The monoisotopic (exact) mass is 279 g/mol. The van der Waals surface area contributed by atoms with E-state index in [-0.39, 0.29) is 0 Å². The van der Waals surface area contributed by atoms with Crippen molar-refractivity contribution in [1.29, 1.82) is 0 Å². The van der Waals surface area contributed by atoms with E-state index in [2.05, 4.69) is 18.7 Å². The first-order valence-electron chi connectivity index (χ1n) is 7.19. The number of hydrogen-bond donors (Lipinski definition) is 1. The number of hydrogen-bond acceptors (Lipinski definition) is 4. The highest BCUT2D eigenvalue weighted by Gasteiger charge is 2.36. The molecular formula is C16H25NO3. The highest BCUT2D eigenvalue weighted by molar-refractivity contribution is 5.44. The number of ether oxygens (including phenoxy) is 2. The molecule has 0 spiro atoms. The van der Waals surface area contributed by atoms with Crippen LogP contribution in [0.5, 0.6) is 11.5 Å². The third kappa shape index (κ3) is 2.91. The maximum Gasteiger partial charge on any atom is 0.128 e. The summed E-state index contributed by atoms with van der Waals surface area (Å²) in [7, 11) is 3.26. The molecule has 4 heteroatoms. The lowest BCUT2D eigenvalue weighted by Gasteiger charge is -2.40. The predicted octanol–water partition coefficient (Wildman–Crippen LogP) is 2.40. The summed E-state index contributed by atoms with van der Waals surface area (Å²) < 4.78 is 10.6. The van der Waals surface area contributed by atoms with Crippen LogP contribution in [0.3, 0.4) is 0 Å². The summed E-state index contributed by atoms with van der Waals surface area (Å²) in [4.78, 5) is 2.39. The van der Waals surface area contributed by atoms with Crippen molar-refractivity contribution in [2.75, 3.05) is 27.3 Å². The van der Waals surface area contributed by atoms with Crippen molar-refractivity contribution in [1.82, 2.24) is 4.90 Å². The molecule has 1 N–H and O–H groups in total. The van der Waals surface area contributed by atoms with Gasteiger partial charge in [0.2, 0.25) is 0 Å². The largest absolute Gasteiger partial charge is 0.497 e. The molecule has 1 aromatic rings. The molecule has 20 heavy (non-hydrogen) atoms. The minimum Gasteiger partial charge on any atom is -0.497 e. The average Bonchev–Trinajstić information content (AvgIpc) is 2.46. The van der Waals surface area contributed by atoms with Crippen LogP contribution in [0.25, 0.3) is 0 Å². The lowest BCUT2D eigenvalue weighted by Crippen LogP contribution is -2.45. The second-order valence-electron chi connectivity index (χ2n) is 5.73. The first-order chi connectivity index (χ1) is 9.50. The quantitative estimate of drug-likeness (QED) is 0.919. The molecule has 4 nitrogen and oxygen atoms in total. The van der Waals surface area contributed by atoms with Crippen molar-refractivity contribution in [3.63, 3.8) is 0 Å². The molecule has 0 radical (unpaired) electrons. The lowest BCUT2D eigenvalue weighted by atomic mass is 9.83. The Morgan fingerprint density at radius 1 is 1.15 bits per heavy atom. The van der Waals surface area contributed by atoms with Crippen LogP contribution in [0.15, 0.2) is 18.2 Å². The van der Waals surface area contributed by atoms with E-state index in [0.29, 0.717) is 11.8 Å². The molecule has 0 amide bonds. The molecule has 0 aromatic heterocycles. The van der Waals surface area contributed by atoms with Crippen LogP contribution in [0.2, 0.25) is 0 Å². The van der Waals surface area contributed by atoms with E-state index in [0.717, 1.165) is 37.2 Å². The summed E-state index contributed by atoms with van der Waals surface area (Å²) in [6.07, 6.45) is 1.46. The zero-order valence-corrected chi connectivity index (χ0v) is 12.8. The smallest absolute Gasteiger partial charge is 0.128 e. The van der Waals surface area contributed by atoms with Gasteiger partial charge >= 0.3 is 0 Å². The van der Waals surface area contributed by atoms with Crippen LogP contribution in [-0.4, -0.2) is 43.4 Å². The van der Waals surface area contributed by atoms with Crippen LogP contribution < -0.4 is 9.47 Å². The molecule has 1 saturated heterocycles. The van der Waals surface area contributed by atoms with E-state index in [1.54, 1.807) is 14.2 Å². The van der Waals surface area contributed by atoms with Crippen molar-refractivity contribution >= 4 is 0 Å². The van der Waals surface area contributed by atoms with Crippen molar-refractivity contribution in [2.45, 2.75) is 38.3 Å². The number of piperidine rings is 1. The van der Waals surface area contributed by atoms with Gasteiger partial charge in [0.25, 0.3) is 0 Å². The molecule has 0 saturated carbocycles. The van der Waals surface area contributed by atoms with Crippen LogP contribution in [0.4, 0.5) is 0 Å². The van der Waals surface area contributed by atoms with Crippen LogP contribution in [0, 0.1) is 0 Å². The number of rotatable bonds is 4. The first-order valence-corrected chi connectivity index (χ1v) is 7.19. The van der Waals surface area contributed by atoms with Gasteiger partial charge in [0.15, 0.2) is 0 Å². The van der Waals surface area contributed by atoms with E-state index < -0.39 is 5.60 Å². The van der Waals surface area contributed by atoms with E-state index in [4.69, 9.17) is 9.47 Å². The van der Waals surface area contributed by atoms with Crippen molar-refractivity contribution in [3.8, 4) is 11.5 Å². The standard InChI is InChI=1S/C16H25NO3/c1-12(2)17-9-7-16(18,8-10-17)14-6-5-13(19-3)11-15(14)20-4/h5-6,11-12,18H,7-10H2,1-4H3. The fourth-order valence-corrected chi connectivity index (χ4v) is 2.86. The Balaban J connectivity index is 2.23. The van der Waals surface area contributed by atoms with E-state index in [9.17, 15) is 5.11 Å². The Bertz CT molecular complexity index is 451. The van der Waals surface area contributed by atoms with Gasteiger partial charge in [-0.15, -0.1) is 0 Å². The lowest BCUT2D eigenvalue weighted by molar-refractivity contribution is -0.0338. The first kappa shape index (κ1) is 15.1. The van der Waals surface area contributed by atoms with Gasteiger partial charge in [-0.3, -0.25) is 0 Å².